The van der Waals surface area contributed by atoms with Gasteiger partial charge in [-0.1, -0.05) is 19.1 Å². The summed E-state index contributed by atoms with van der Waals surface area (Å²) in [4.78, 5) is 0. The van der Waals surface area contributed by atoms with Gasteiger partial charge in [0.05, 0.1) is 5.75 Å². The third kappa shape index (κ3) is 5.57. The molecule has 2 N–H and O–H groups in total. The summed E-state index contributed by atoms with van der Waals surface area (Å²) in [5.41, 5.74) is 0.574. The molecule has 0 aliphatic rings. The number of sulfonamides is 1. The zero-order chi connectivity index (χ0) is 13.6. The fourth-order valence-corrected chi connectivity index (χ4v) is 2.81. The van der Waals surface area contributed by atoms with Crippen LogP contribution < -0.4 is 10.0 Å². The summed E-state index contributed by atoms with van der Waals surface area (Å²) in [6.07, 6.45) is 0. The van der Waals surface area contributed by atoms with E-state index >= 15 is 0 Å². The smallest absolute Gasteiger partial charge is 0.215 e. The lowest BCUT2D eigenvalue weighted by molar-refractivity contribution is 0.518. The molecule has 0 aliphatic heterocycles. The number of nitrogens with one attached hydrogen (secondary N) is 2. The molecule has 0 saturated carbocycles. The summed E-state index contributed by atoms with van der Waals surface area (Å²) in [6, 6.07) is 5.47. The van der Waals surface area contributed by atoms with Crippen LogP contribution in [0, 0.1) is 11.7 Å². The molecule has 0 amide bonds. The lowest BCUT2D eigenvalue weighted by Crippen LogP contribution is -2.33. The van der Waals surface area contributed by atoms with Gasteiger partial charge in [0, 0.05) is 6.54 Å². The lowest BCUT2D eigenvalue weighted by atomic mass is 10.2. The SMILES string of the molecule is CNCC(C)CNS(=O)(=O)Cc1ccc(F)cc1. The fraction of sp³-hybridized carbons (Fsp3) is 0.500. The monoisotopic (exact) mass is 274 g/mol. The molecule has 0 heterocycles. The van der Waals surface area contributed by atoms with Gasteiger partial charge < -0.3 is 5.32 Å². The highest BCUT2D eigenvalue weighted by Crippen LogP contribution is 2.07. The maximum atomic E-state index is 12.7. The van der Waals surface area contributed by atoms with Gasteiger partial charge in [0.15, 0.2) is 0 Å². The van der Waals surface area contributed by atoms with Gasteiger partial charge in [-0.3, -0.25) is 0 Å². The molecule has 6 heteroatoms. The van der Waals surface area contributed by atoms with E-state index < -0.39 is 10.0 Å². The number of hydrogen-bond acceptors (Lipinski definition) is 3. The van der Waals surface area contributed by atoms with E-state index in [0.717, 1.165) is 6.54 Å². The molecule has 0 radical (unpaired) electrons. The van der Waals surface area contributed by atoms with Gasteiger partial charge in [-0.2, -0.15) is 0 Å². The highest BCUT2D eigenvalue weighted by Gasteiger charge is 2.12. The van der Waals surface area contributed by atoms with Crippen LogP contribution in [0.5, 0.6) is 0 Å². The van der Waals surface area contributed by atoms with Gasteiger partial charge in [-0.25, -0.2) is 17.5 Å². The summed E-state index contributed by atoms with van der Waals surface area (Å²) < 4.78 is 38.8. The van der Waals surface area contributed by atoms with Crippen LogP contribution in [-0.4, -0.2) is 28.6 Å². The van der Waals surface area contributed by atoms with Crippen LogP contribution in [-0.2, 0) is 15.8 Å². The van der Waals surface area contributed by atoms with Gasteiger partial charge >= 0.3 is 0 Å². The molecule has 1 aromatic carbocycles. The second-order valence-corrected chi connectivity index (χ2v) is 6.20. The van der Waals surface area contributed by atoms with Crippen molar-refractivity contribution in [2.45, 2.75) is 12.7 Å². The Morgan fingerprint density at radius 3 is 2.39 bits per heavy atom. The molecule has 0 bridgehead atoms. The van der Waals surface area contributed by atoms with Crippen molar-refractivity contribution < 1.29 is 12.8 Å². The molecule has 0 spiro atoms. The summed E-state index contributed by atoms with van der Waals surface area (Å²) in [5.74, 6) is -0.274. The summed E-state index contributed by atoms with van der Waals surface area (Å²) >= 11 is 0. The van der Waals surface area contributed by atoms with Crippen molar-refractivity contribution in [3.05, 3.63) is 35.6 Å². The Labute approximate surface area is 108 Å². The standard InChI is InChI=1S/C12H19FN2O2S/c1-10(7-14-2)8-15-18(16,17)9-11-3-5-12(13)6-4-11/h3-6,10,14-15H,7-9H2,1-2H3. The van der Waals surface area contributed by atoms with Gasteiger partial charge in [0.25, 0.3) is 0 Å². The summed E-state index contributed by atoms with van der Waals surface area (Å²) in [5, 5.41) is 2.98. The first-order valence-corrected chi connectivity index (χ1v) is 7.44. The Kier molecular flexibility index (Phi) is 5.71. The van der Waals surface area contributed by atoms with Crippen LogP contribution in [0.3, 0.4) is 0 Å². The fourth-order valence-electron chi connectivity index (χ4n) is 1.54. The molecule has 1 unspecified atom stereocenters. The third-order valence-corrected chi connectivity index (χ3v) is 3.79. The molecule has 1 atom stereocenters. The van der Waals surface area contributed by atoms with E-state index in [1.807, 2.05) is 14.0 Å². The van der Waals surface area contributed by atoms with Crippen LogP contribution in [0.4, 0.5) is 4.39 Å². The van der Waals surface area contributed by atoms with Crippen LogP contribution >= 0.6 is 0 Å². The zero-order valence-corrected chi connectivity index (χ0v) is 11.4. The molecule has 102 valence electrons. The number of hydrogen-bond donors (Lipinski definition) is 2. The van der Waals surface area contributed by atoms with E-state index in [2.05, 4.69) is 10.0 Å². The Morgan fingerprint density at radius 2 is 1.83 bits per heavy atom. The molecule has 1 aromatic rings. The van der Waals surface area contributed by atoms with Crippen LogP contribution in [0.25, 0.3) is 0 Å². The second kappa shape index (κ2) is 6.82. The Hall–Kier alpha value is -0.980. The Balaban J connectivity index is 2.52. The van der Waals surface area contributed by atoms with Crippen molar-refractivity contribution in [1.82, 2.24) is 10.0 Å². The van der Waals surface area contributed by atoms with E-state index in [1.54, 1.807) is 0 Å². The molecule has 4 nitrogen and oxygen atoms in total. The van der Waals surface area contributed by atoms with Gasteiger partial charge in [0.2, 0.25) is 10.0 Å². The van der Waals surface area contributed by atoms with Gasteiger partial charge in [-0.15, -0.1) is 0 Å². The first-order chi connectivity index (χ1) is 8.43. The molecule has 18 heavy (non-hydrogen) atoms. The van der Waals surface area contributed by atoms with Crippen molar-refractivity contribution in [3.8, 4) is 0 Å². The highest BCUT2D eigenvalue weighted by molar-refractivity contribution is 7.88. The summed E-state index contributed by atoms with van der Waals surface area (Å²) in [7, 11) is -1.54. The van der Waals surface area contributed by atoms with Crippen molar-refractivity contribution in [1.29, 1.82) is 0 Å². The lowest BCUT2D eigenvalue weighted by Gasteiger charge is -2.12. The summed E-state index contributed by atoms with van der Waals surface area (Å²) in [6.45, 7) is 3.10. The van der Waals surface area contributed by atoms with Gasteiger partial charge in [0.1, 0.15) is 5.82 Å². The minimum absolute atomic E-state index is 0.125. The largest absolute Gasteiger partial charge is 0.319 e. The molecular formula is C12H19FN2O2S. The molecular weight excluding hydrogens is 255 g/mol. The van der Waals surface area contributed by atoms with E-state index in [4.69, 9.17) is 0 Å². The van der Waals surface area contributed by atoms with E-state index in [-0.39, 0.29) is 17.5 Å². The maximum absolute atomic E-state index is 12.7. The Bertz CT molecular complexity index is 459. The maximum Gasteiger partial charge on any atom is 0.215 e. The predicted molar refractivity (Wildman–Crippen MR) is 70.1 cm³/mol. The second-order valence-electron chi connectivity index (χ2n) is 4.40. The Morgan fingerprint density at radius 1 is 1.22 bits per heavy atom. The highest BCUT2D eigenvalue weighted by atomic mass is 32.2. The number of rotatable bonds is 7. The first kappa shape index (κ1) is 15.1. The minimum atomic E-state index is -3.36. The van der Waals surface area contributed by atoms with Crippen molar-refractivity contribution in [3.63, 3.8) is 0 Å². The molecule has 1 rings (SSSR count). The molecule has 0 fully saturated rings. The number of halogens is 1. The molecule has 0 aromatic heterocycles. The number of benzene rings is 1. The van der Waals surface area contributed by atoms with Crippen LogP contribution in [0.2, 0.25) is 0 Å². The van der Waals surface area contributed by atoms with E-state index in [0.29, 0.717) is 12.1 Å². The topological polar surface area (TPSA) is 58.2 Å². The molecule has 0 saturated heterocycles. The van der Waals surface area contributed by atoms with E-state index in [9.17, 15) is 12.8 Å². The van der Waals surface area contributed by atoms with E-state index in [1.165, 1.54) is 24.3 Å². The molecule has 0 aliphatic carbocycles. The van der Waals surface area contributed by atoms with Crippen molar-refractivity contribution in [2.75, 3.05) is 20.1 Å². The van der Waals surface area contributed by atoms with Crippen molar-refractivity contribution >= 4 is 10.0 Å². The third-order valence-electron chi connectivity index (χ3n) is 2.47. The first-order valence-electron chi connectivity index (χ1n) is 5.79. The normalized spacial score (nSPS) is 13.5. The van der Waals surface area contributed by atoms with Crippen molar-refractivity contribution in [2.24, 2.45) is 5.92 Å². The van der Waals surface area contributed by atoms with Gasteiger partial charge in [-0.05, 0) is 37.2 Å². The van der Waals surface area contributed by atoms with Crippen LogP contribution in [0.1, 0.15) is 12.5 Å². The average molecular weight is 274 g/mol. The predicted octanol–water partition coefficient (Wildman–Crippen LogP) is 1.10. The zero-order valence-electron chi connectivity index (χ0n) is 10.6. The average Bonchev–Trinajstić information content (AvgIpc) is 2.30. The minimum Gasteiger partial charge on any atom is -0.319 e. The quantitative estimate of drug-likeness (QED) is 0.783. The van der Waals surface area contributed by atoms with Crippen LogP contribution in [0.15, 0.2) is 24.3 Å².